The molecule has 0 aliphatic heterocycles. The molecule has 222 valence electrons. The number of nitrogens with one attached hydrogen (secondary N) is 2. The first-order chi connectivity index (χ1) is 20.3. The van der Waals surface area contributed by atoms with Gasteiger partial charge in [0.1, 0.15) is 30.0 Å². The standard InChI is InChI=1S/C33H33ClN4O5/c1-6-23-11-7-8-12-25(23)29(30(40)37-28-21(2)10-9-13-26(28)34)38(19-18-35)31(41)27(36-32(42)43-33(3,4)5)20-22-14-16-24(39)17-15-22/h1,7-17,27,29,39H,19-20H2,2-5H3,(H,36,42)(H,37,40). The van der Waals surface area contributed by atoms with E-state index in [2.05, 4.69) is 16.6 Å². The molecule has 9 nitrogen and oxygen atoms in total. The number of hydrogen-bond acceptors (Lipinski definition) is 6. The molecule has 3 rings (SSSR count). The van der Waals surface area contributed by atoms with Crippen molar-refractivity contribution in [1.82, 2.24) is 10.2 Å². The summed E-state index contributed by atoms with van der Waals surface area (Å²) in [6.07, 6.45) is 4.88. The van der Waals surface area contributed by atoms with E-state index in [9.17, 15) is 24.8 Å². The molecule has 2 unspecified atom stereocenters. The van der Waals surface area contributed by atoms with Gasteiger partial charge in [0.25, 0.3) is 5.91 Å². The zero-order valence-corrected chi connectivity index (χ0v) is 25.1. The molecule has 0 radical (unpaired) electrons. The van der Waals surface area contributed by atoms with E-state index in [1.165, 1.54) is 12.1 Å². The van der Waals surface area contributed by atoms with Crippen molar-refractivity contribution in [3.05, 3.63) is 94.0 Å². The summed E-state index contributed by atoms with van der Waals surface area (Å²) in [6.45, 7) is 6.29. The topological polar surface area (TPSA) is 132 Å². The number of carbonyl (C=O) groups excluding carboxylic acids is 3. The van der Waals surface area contributed by atoms with Crippen molar-refractivity contribution in [3.63, 3.8) is 0 Å². The number of aryl methyl sites for hydroxylation is 1. The molecule has 43 heavy (non-hydrogen) atoms. The second-order valence-electron chi connectivity index (χ2n) is 10.7. The van der Waals surface area contributed by atoms with Crippen LogP contribution in [0.4, 0.5) is 10.5 Å². The van der Waals surface area contributed by atoms with Gasteiger partial charge in [0.15, 0.2) is 0 Å². The Morgan fingerprint density at radius 2 is 1.74 bits per heavy atom. The third-order valence-electron chi connectivity index (χ3n) is 6.33. The highest BCUT2D eigenvalue weighted by molar-refractivity contribution is 6.34. The van der Waals surface area contributed by atoms with Crippen molar-refractivity contribution in [2.45, 2.75) is 51.8 Å². The Morgan fingerprint density at radius 3 is 2.35 bits per heavy atom. The monoisotopic (exact) mass is 600 g/mol. The normalized spacial score (nSPS) is 12.2. The van der Waals surface area contributed by atoms with Crippen LogP contribution in [-0.4, -0.2) is 46.1 Å². The second-order valence-corrected chi connectivity index (χ2v) is 11.2. The number of ether oxygens (including phenoxy) is 1. The molecular weight excluding hydrogens is 568 g/mol. The van der Waals surface area contributed by atoms with Crippen LogP contribution in [0, 0.1) is 30.6 Å². The lowest BCUT2D eigenvalue weighted by molar-refractivity contribution is -0.140. The number of nitriles is 1. The fourth-order valence-corrected chi connectivity index (χ4v) is 4.66. The number of para-hydroxylation sites is 1. The zero-order valence-electron chi connectivity index (χ0n) is 24.3. The van der Waals surface area contributed by atoms with Gasteiger partial charge in [-0.25, -0.2) is 4.79 Å². The number of rotatable bonds is 9. The minimum absolute atomic E-state index is 0.0235. The summed E-state index contributed by atoms with van der Waals surface area (Å²) in [5.41, 5.74) is 1.40. The van der Waals surface area contributed by atoms with E-state index >= 15 is 0 Å². The summed E-state index contributed by atoms with van der Waals surface area (Å²) in [5.74, 6) is 1.17. The first kappa shape index (κ1) is 32.5. The summed E-state index contributed by atoms with van der Waals surface area (Å²) < 4.78 is 5.40. The fraction of sp³-hybridized carbons (Fsp3) is 0.273. The molecule has 0 spiro atoms. The minimum Gasteiger partial charge on any atom is -0.508 e. The molecule has 3 aromatic carbocycles. The summed E-state index contributed by atoms with van der Waals surface area (Å²) in [6, 6.07) is 17.1. The van der Waals surface area contributed by atoms with E-state index in [0.717, 1.165) is 4.90 Å². The number of halogens is 1. The molecule has 3 N–H and O–H groups in total. The highest BCUT2D eigenvalue weighted by Gasteiger charge is 2.37. The van der Waals surface area contributed by atoms with Gasteiger partial charge in [0.05, 0.1) is 16.8 Å². The highest BCUT2D eigenvalue weighted by Crippen LogP contribution is 2.31. The largest absolute Gasteiger partial charge is 0.508 e. The van der Waals surface area contributed by atoms with Gasteiger partial charge in [-0.1, -0.05) is 60.0 Å². The number of alkyl carbamates (subject to hydrolysis) is 1. The molecule has 0 saturated heterocycles. The number of phenols is 1. The molecule has 0 fully saturated rings. The van der Waals surface area contributed by atoms with Crippen molar-refractivity contribution in [2.24, 2.45) is 0 Å². The summed E-state index contributed by atoms with van der Waals surface area (Å²) >= 11 is 6.39. The van der Waals surface area contributed by atoms with Gasteiger partial charge in [-0.3, -0.25) is 9.59 Å². The Labute approximate surface area is 256 Å². The fourth-order valence-electron chi connectivity index (χ4n) is 4.39. The summed E-state index contributed by atoms with van der Waals surface area (Å²) in [4.78, 5) is 42.3. The highest BCUT2D eigenvalue weighted by atomic mass is 35.5. The Morgan fingerprint density at radius 1 is 1.07 bits per heavy atom. The molecular formula is C33H33ClN4O5. The lowest BCUT2D eigenvalue weighted by Crippen LogP contribution is -2.53. The first-order valence-electron chi connectivity index (χ1n) is 13.4. The SMILES string of the molecule is C#Cc1ccccc1C(C(=O)Nc1c(C)cccc1Cl)N(CC#N)C(=O)C(Cc1ccc(O)cc1)NC(=O)OC(C)(C)C. The van der Waals surface area contributed by atoms with E-state index in [-0.39, 0.29) is 17.2 Å². The lowest BCUT2D eigenvalue weighted by Gasteiger charge is -2.33. The summed E-state index contributed by atoms with van der Waals surface area (Å²) in [5, 5.41) is 25.2. The number of phenolic OH excluding ortho intramolecular Hbond substituents is 1. The Balaban J connectivity index is 2.12. The number of aromatic hydroxyl groups is 1. The second kappa shape index (κ2) is 14.3. The van der Waals surface area contributed by atoms with Crippen LogP contribution in [0.1, 0.15) is 49.1 Å². The predicted octanol–water partition coefficient (Wildman–Crippen LogP) is 5.50. The first-order valence-corrected chi connectivity index (χ1v) is 13.8. The smallest absolute Gasteiger partial charge is 0.408 e. The van der Waals surface area contributed by atoms with E-state index in [1.54, 1.807) is 82.3 Å². The number of amides is 3. The van der Waals surface area contributed by atoms with Crippen LogP contribution >= 0.6 is 11.6 Å². The third-order valence-corrected chi connectivity index (χ3v) is 6.65. The average molecular weight is 601 g/mol. The van der Waals surface area contributed by atoms with Crippen molar-refractivity contribution < 1.29 is 24.2 Å². The van der Waals surface area contributed by atoms with Crippen molar-refractivity contribution in [1.29, 1.82) is 5.26 Å². The van der Waals surface area contributed by atoms with Crippen LogP contribution in [0.25, 0.3) is 0 Å². The number of benzene rings is 3. The van der Waals surface area contributed by atoms with Crippen LogP contribution < -0.4 is 10.6 Å². The minimum atomic E-state index is -1.38. The molecule has 0 aliphatic rings. The van der Waals surface area contributed by atoms with E-state index in [4.69, 9.17) is 22.8 Å². The van der Waals surface area contributed by atoms with Crippen molar-refractivity contribution >= 4 is 35.2 Å². The van der Waals surface area contributed by atoms with E-state index in [0.29, 0.717) is 27.9 Å². The average Bonchev–Trinajstić information content (AvgIpc) is 2.94. The van der Waals surface area contributed by atoms with Gasteiger partial charge in [-0.15, -0.1) is 6.42 Å². The number of anilines is 1. The Hall–Kier alpha value is -4.99. The Kier molecular flexibility index (Phi) is 10.8. The maximum Gasteiger partial charge on any atom is 0.408 e. The van der Waals surface area contributed by atoms with Gasteiger partial charge in [-0.05, 0) is 68.7 Å². The molecule has 0 bridgehead atoms. The van der Waals surface area contributed by atoms with Gasteiger partial charge >= 0.3 is 6.09 Å². The third kappa shape index (κ3) is 8.75. The van der Waals surface area contributed by atoms with Crippen LogP contribution in [-0.2, 0) is 20.7 Å². The Bertz CT molecular complexity index is 1550. The molecule has 2 atom stereocenters. The maximum atomic E-state index is 14.3. The van der Waals surface area contributed by atoms with Crippen LogP contribution in [0.5, 0.6) is 5.75 Å². The van der Waals surface area contributed by atoms with E-state index < -0.39 is 42.1 Å². The van der Waals surface area contributed by atoms with Crippen LogP contribution in [0.2, 0.25) is 5.02 Å². The number of nitrogens with zero attached hydrogens (tertiary/aromatic N) is 2. The quantitative estimate of drug-likeness (QED) is 0.219. The maximum absolute atomic E-state index is 14.3. The number of hydrogen-bond donors (Lipinski definition) is 3. The molecule has 0 aromatic heterocycles. The van der Waals surface area contributed by atoms with Gasteiger partial charge in [0.2, 0.25) is 5.91 Å². The van der Waals surface area contributed by atoms with Crippen LogP contribution in [0.3, 0.4) is 0 Å². The number of terminal acetylenes is 1. The van der Waals surface area contributed by atoms with Gasteiger partial charge in [-0.2, -0.15) is 5.26 Å². The van der Waals surface area contributed by atoms with Crippen LogP contribution in [0.15, 0.2) is 66.7 Å². The summed E-state index contributed by atoms with van der Waals surface area (Å²) in [7, 11) is 0. The molecule has 0 saturated carbocycles. The van der Waals surface area contributed by atoms with Gasteiger partial charge in [0, 0.05) is 12.0 Å². The molecule has 0 heterocycles. The lowest BCUT2D eigenvalue weighted by atomic mass is 9.96. The molecule has 3 amide bonds. The predicted molar refractivity (Wildman–Crippen MR) is 164 cm³/mol. The van der Waals surface area contributed by atoms with Gasteiger partial charge < -0.3 is 25.4 Å². The van der Waals surface area contributed by atoms with Crippen molar-refractivity contribution in [3.8, 4) is 24.2 Å². The van der Waals surface area contributed by atoms with Crippen molar-refractivity contribution in [2.75, 3.05) is 11.9 Å². The van der Waals surface area contributed by atoms with E-state index in [1.807, 2.05) is 6.07 Å². The molecule has 10 heteroatoms. The molecule has 0 aliphatic carbocycles. The zero-order chi connectivity index (χ0) is 31.7. The molecule has 3 aromatic rings. The number of carbonyl (C=O) groups is 3.